The Morgan fingerprint density at radius 1 is 0.800 bits per heavy atom. The third-order valence-corrected chi connectivity index (χ3v) is 4.41. The van der Waals surface area contributed by atoms with Gasteiger partial charge in [-0.1, -0.05) is 0 Å². The Balaban J connectivity index is 5.68. The highest BCUT2D eigenvalue weighted by molar-refractivity contribution is 5.96. The molecular formula is C18H31N7O10. The number of aliphatic hydroxyl groups is 1. The number of rotatable bonds is 16. The van der Waals surface area contributed by atoms with E-state index in [-0.39, 0.29) is 25.3 Å². The van der Waals surface area contributed by atoms with Crippen LogP contribution in [-0.4, -0.2) is 98.8 Å². The Hall–Kier alpha value is -3.99. The highest BCUT2D eigenvalue weighted by Gasteiger charge is 2.32. The smallest absolute Gasteiger partial charge is 0.326 e. The van der Waals surface area contributed by atoms with E-state index in [1.807, 2.05) is 5.32 Å². The van der Waals surface area contributed by atoms with Crippen LogP contribution in [0.15, 0.2) is 4.99 Å². The average Bonchev–Trinajstić information content (AvgIpc) is 2.72. The topological polar surface area (TPSA) is 310 Å². The minimum Gasteiger partial charge on any atom is -0.481 e. The van der Waals surface area contributed by atoms with Gasteiger partial charge in [0.05, 0.1) is 18.9 Å². The monoisotopic (exact) mass is 505 g/mol. The molecule has 0 unspecified atom stereocenters. The summed E-state index contributed by atoms with van der Waals surface area (Å²) in [6, 6.07) is -6.50. The number of carboxylic acids is 3. The largest absolute Gasteiger partial charge is 0.481 e. The van der Waals surface area contributed by atoms with Crippen molar-refractivity contribution in [1.29, 1.82) is 0 Å². The summed E-state index contributed by atoms with van der Waals surface area (Å²) in [7, 11) is 0. The van der Waals surface area contributed by atoms with E-state index in [1.54, 1.807) is 0 Å². The maximum atomic E-state index is 12.7. The van der Waals surface area contributed by atoms with E-state index in [2.05, 4.69) is 15.6 Å². The number of amides is 3. The van der Waals surface area contributed by atoms with Gasteiger partial charge in [0.1, 0.15) is 24.2 Å². The van der Waals surface area contributed by atoms with Crippen molar-refractivity contribution in [2.75, 3.05) is 6.54 Å². The molecule has 0 saturated carbocycles. The zero-order valence-corrected chi connectivity index (χ0v) is 18.8. The fraction of sp³-hybridized carbons (Fsp3) is 0.611. The summed E-state index contributed by atoms with van der Waals surface area (Å²) in [5, 5.41) is 42.7. The van der Waals surface area contributed by atoms with Crippen LogP contribution in [0, 0.1) is 0 Å². The molecule has 0 aromatic carbocycles. The van der Waals surface area contributed by atoms with E-state index in [1.165, 1.54) is 6.92 Å². The van der Waals surface area contributed by atoms with Gasteiger partial charge in [-0.15, -0.1) is 0 Å². The highest BCUT2D eigenvalue weighted by Crippen LogP contribution is 2.04. The molecule has 0 spiro atoms. The van der Waals surface area contributed by atoms with Gasteiger partial charge in [-0.2, -0.15) is 0 Å². The molecule has 0 heterocycles. The molecule has 0 bridgehead atoms. The van der Waals surface area contributed by atoms with Crippen molar-refractivity contribution < 1.29 is 49.2 Å². The molecule has 0 rings (SSSR count). The van der Waals surface area contributed by atoms with Crippen LogP contribution < -0.4 is 33.2 Å². The molecule has 198 valence electrons. The summed E-state index contributed by atoms with van der Waals surface area (Å²) in [4.78, 5) is 74.4. The first-order valence-electron chi connectivity index (χ1n) is 10.2. The number of nitrogens with one attached hydrogen (secondary N) is 3. The molecule has 5 atom stereocenters. The van der Waals surface area contributed by atoms with Crippen LogP contribution in [0.4, 0.5) is 0 Å². The van der Waals surface area contributed by atoms with Gasteiger partial charge in [0, 0.05) is 6.54 Å². The van der Waals surface area contributed by atoms with Crippen molar-refractivity contribution in [3.8, 4) is 0 Å². The third kappa shape index (κ3) is 12.7. The molecule has 0 radical (unpaired) electrons. The normalized spacial score (nSPS) is 14.8. The zero-order valence-electron chi connectivity index (χ0n) is 18.8. The maximum Gasteiger partial charge on any atom is 0.326 e. The minimum absolute atomic E-state index is 0.0119. The van der Waals surface area contributed by atoms with Crippen molar-refractivity contribution >= 4 is 41.6 Å². The second-order valence-corrected chi connectivity index (χ2v) is 7.43. The van der Waals surface area contributed by atoms with Gasteiger partial charge < -0.3 is 53.6 Å². The number of hydrogen-bond donors (Lipinski definition) is 10. The van der Waals surface area contributed by atoms with Gasteiger partial charge >= 0.3 is 17.9 Å². The number of hydrogen-bond acceptors (Lipinski definition) is 9. The third-order valence-electron chi connectivity index (χ3n) is 4.41. The van der Waals surface area contributed by atoms with Crippen LogP contribution in [0.1, 0.15) is 32.6 Å². The minimum atomic E-state index is -1.82. The molecule has 0 saturated heterocycles. The van der Waals surface area contributed by atoms with Crippen molar-refractivity contribution in [3.05, 3.63) is 0 Å². The van der Waals surface area contributed by atoms with Crippen LogP contribution in [0.25, 0.3) is 0 Å². The lowest BCUT2D eigenvalue weighted by Crippen LogP contribution is -2.58. The van der Waals surface area contributed by atoms with Gasteiger partial charge in [-0.3, -0.25) is 29.0 Å². The second-order valence-electron chi connectivity index (χ2n) is 7.43. The Kier molecular flexibility index (Phi) is 13.3. The summed E-state index contributed by atoms with van der Waals surface area (Å²) < 4.78 is 0. The molecule has 0 aromatic heterocycles. The molecule has 17 nitrogen and oxygen atoms in total. The van der Waals surface area contributed by atoms with Gasteiger partial charge in [0.2, 0.25) is 17.7 Å². The number of nitrogens with two attached hydrogens (primary N) is 3. The molecular weight excluding hydrogens is 474 g/mol. The summed E-state index contributed by atoms with van der Waals surface area (Å²) in [5.41, 5.74) is 15.9. The Labute approximate surface area is 199 Å². The van der Waals surface area contributed by atoms with Crippen LogP contribution in [0.5, 0.6) is 0 Å². The second kappa shape index (κ2) is 15.0. The molecule has 0 aliphatic carbocycles. The molecule has 0 fully saturated rings. The number of carbonyl (C=O) groups excluding carboxylic acids is 3. The molecule has 35 heavy (non-hydrogen) atoms. The molecule has 0 aliphatic heterocycles. The van der Waals surface area contributed by atoms with Crippen molar-refractivity contribution in [1.82, 2.24) is 16.0 Å². The first-order chi connectivity index (χ1) is 16.1. The number of aliphatic imine (C=N–C) groups is 1. The zero-order chi connectivity index (χ0) is 27.3. The summed E-state index contributed by atoms with van der Waals surface area (Å²) in [6.07, 6.45) is -3.27. The van der Waals surface area contributed by atoms with Gasteiger partial charge in [-0.25, -0.2) is 4.79 Å². The standard InChI is InChI=1S/C18H31N7O10/c1-7(26)13(19)16(33)24-9(5-11(27)28)15(32)23-8(3-2-4-22-18(20)21)14(31)25-10(17(34)35)6-12(29)30/h7-10,13,26H,2-6,19H2,1H3,(H,23,32)(H,24,33)(H,25,31)(H,27,28)(H,29,30)(H,34,35)(H4,20,21,22)/t7-,8+,9+,10+,13+/m1/s1. The number of nitrogens with zero attached hydrogens (tertiary/aromatic N) is 1. The molecule has 13 N–H and O–H groups in total. The lowest BCUT2D eigenvalue weighted by Gasteiger charge is -2.24. The number of carbonyl (C=O) groups is 6. The summed E-state index contributed by atoms with van der Waals surface area (Å²) in [6.45, 7) is 1.21. The molecule has 17 heteroatoms. The predicted octanol–water partition coefficient (Wildman–Crippen LogP) is -4.76. The number of aliphatic hydroxyl groups excluding tert-OH is 1. The van der Waals surface area contributed by atoms with Crippen LogP contribution in [0.2, 0.25) is 0 Å². The SMILES string of the molecule is C[C@@H](O)[C@H](N)C(=O)N[C@@H](CC(=O)O)C(=O)N[C@@H](CCCN=C(N)N)C(=O)N[C@@H](CC(=O)O)C(=O)O. The van der Waals surface area contributed by atoms with Crippen LogP contribution in [0.3, 0.4) is 0 Å². The highest BCUT2D eigenvalue weighted by atomic mass is 16.4. The quantitative estimate of drug-likeness (QED) is 0.0535. The maximum absolute atomic E-state index is 12.7. The van der Waals surface area contributed by atoms with Gasteiger partial charge in [0.15, 0.2) is 5.96 Å². The predicted molar refractivity (Wildman–Crippen MR) is 118 cm³/mol. The van der Waals surface area contributed by atoms with E-state index in [0.717, 1.165) is 0 Å². The summed E-state index contributed by atoms with van der Waals surface area (Å²) >= 11 is 0. The summed E-state index contributed by atoms with van der Waals surface area (Å²) in [5.74, 6) is -8.15. The Bertz CT molecular complexity index is 828. The first kappa shape index (κ1) is 31.0. The van der Waals surface area contributed by atoms with Crippen LogP contribution in [-0.2, 0) is 28.8 Å². The van der Waals surface area contributed by atoms with E-state index < -0.39 is 78.7 Å². The molecule has 0 aliphatic rings. The van der Waals surface area contributed by atoms with Crippen LogP contribution >= 0.6 is 0 Å². The number of aliphatic carboxylic acids is 3. The fourth-order valence-corrected chi connectivity index (χ4v) is 2.56. The van der Waals surface area contributed by atoms with Crippen molar-refractivity contribution in [2.24, 2.45) is 22.2 Å². The number of carboxylic acid groups (broad SMARTS) is 3. The van der Waals surface area contributed by atoms with E-state index in [4.69, 9.17) is 32.5 Å². The number of guanidine groups is 1. The fourth-order valence-electron chi connectivity index (χ4n) is 2.56. The van der Waals surface area contributed by atoms with Crippen molar-refractivity contribution in [3.63, 3.8) is 0 Å². The molecule has 0 aromatic rings. The van der Waals surface area contributed by atoms with E-state index in [9.17, 15) is 33.9 Å². The first-order valence-corrected chi connectivity index (χ1v) is 10.2. The lowest BCUT2D eigenvalue weighted by molar-refractivity contribution is -0.147. The lowest BCUT2D eigenvalue weighted by atomic mass is 10.1. The molecule has 3 amide bonds. The Morgan fingerprint density at radius 3 is 1.71 bits per heavy atom. The van der Waals surface area contributed by atoms with E-state index >= 15 is 0 Å². The van der Waals surface area contributed by atoms with Gasteiger partial charge in [-0.05, 0) is 19.8 Å². The average molecular weight is 505 g/mol. The van der Waals surface area contributed by atoms with E-state index in [0.29, 0.717) is 0 Å². The Morgan fingerprint density at radius 2 is 1.26 bits per heavy atom. The van der Waals surface area contributed by atoms with Crippen molar-refractivity contribution in [2.45, 2.75) is 62.9 Å². The van der Waals surface area contributed by atoms with Gasteiger partial charge in [0.25, 0.3) is 0 Å².